The van der Waals surface area contributed by atoms with Crippen molar-refractivity contribution in [2.45, 2.75) is 0 Å². The van der Waals surface area contributed by atoms with Crippen LogP contribution in [-0.4, -0.2) is 50.3 Å². The smallest absolute Gasteiger partial charge is 0.146 e. The molecule has 6 heteroatoms. The number of ether oxygens (including phenoxy) is 1. The standard InChI is InChI=1S/C13H20FN3OS/c1-17(2)6-8-18-7-5-16-12-4-3-10(13(15)19)9-11(12)14/h3-4,9,16H,5-8H2,1-2H3,(H2,15,19). The highest BCUT2D eigenvalue weighted by molar-refractivity contribution is 7.80. The molecule has 4 nitrogen and oxygen atoms in total. The molecule has 3 N–H and O–H groups in total. The number of anilines is 1. The van der Waals surface area contributed by atoms with Crippen molar-refractivity contribution in [1.29, 1.82) is 0 Å². The minimum absolute atomic E-state index is 0.192. The first-order valence-corrected chi connectivity index (χ1v) is 6.47. The SMILES string of the molecule is CN(C)CCOCCNc1ccc(C(N)=S)cc1F. The van der Waals surface area contributed by atoms with Gasteiger partial charge < -0.3 is 20.7 Å². The molecule has 1 aromatic carbocycles. The Kier molecular flexibility index (Phi) is 6.69. The summed E-state index contributed by atoms with van der Waals surface area (Å²) in [5.41, 5.74) is 6.39. The van der Waals surface area contributed by atoms with Crippen LogP contribution in [0.3, 0.4) is 0 Å². The van der Waals surface area contributed by atoms with Gasteiger partial charge in [0.15, 0.2) is 0 Å². The van der Waals surface area contributed by atoms with Crippen molar-refractivity contribution < 1.29 is 9.13 Å². The summed E-state index contributed by atoms with van der Waals surface area (Å²) in [4.78, 5) is 2.24. The summed E-state index contributed by atoms with van der Waals surface area (Å²) in [5, 5.41) is 2.97. The fourth-order valence-electron chi connectivity index (χ4n) is 1.42. The molecule has 0 bridgehead atoms. The summed E-state index contributed by atoms with van der Waals surface area (Å²) >= 11 is 4.79. The molecule has 1 rings (SSSR count). The molecule has 0 aliphatic carbocycles. The number of nitrogens with zero attached hydrogens (tertiary/aromatic N) is 1. The zero-order valence-corrected chi connectivity index (χ0v) is 12.1. The molecule has 0 aliphatic rings. The molecule has 19 heavy (non-hydrogen) atoms. The molecule has 0 aliphatic heterocycles. The van der Waals surface area contributed by atoms with Crippen LogP contribution in [-0.2, 0) is 4.74 Å². The maximum atomic E-state index is 13.7. The van der Waals surface area contributed by atoms with Crippen LogP contribution in [0.1, 0.15) is 5.56 Å². The van der Waals surface area contributed by atoms with Crippen LogP contribution in [0.4, 0.5) is 10.1 Å². The minimum Gasteiger partial charge on any atom is -0.389 e. The van der Waals surface area contributed by atoms with E-state index in [1.807, 2.05) is 19.0 Å². The predicted octanol–water partition coefficient (Wildman–Crippen LogP) is 1.45. The van der Waals surface area contributed by atoms with E-state index in [4.69, 9.17) is 22.7 Å². The molecule has 0 saturated carbocycles. The third kappa shape index (κ3) is 5.96. The van der Waals surface area contributed by atoms with Gasteiger partial charge in [-0.05, 0) is 32.3 Å². The topological polar surface area (TPSA) is 50.5 Å². The van der Waals surface area contributed by atoms with Crippen molar-refractivity contribution in [1.82, 2.24) is 4.90 Å². The van der Waals surface area contributed by atoms with E-state index in [9.17, 15) is 4.39 Å². The van der Waals surface area contributed by atoms with Crippen LogP contribution in [0.5, 0.6) is 0 Å². The Bertz CT molecular complexity index is 426. The van der Waals surface area contributed by atoms with Gasteiger partial charge in [0.2, 0.25) is 0 Å². The molecule has 0 atom stereocenters. The predicted molar refractivity (Wildman–Crippen MR) is 80.2 cm³/mol. The molecule has 0 radical (unpaired) electrons. The lowest BCUT2D eigenvalue weighted by Gasteiger charge is -2.11. The van der Waals surface area contributed by atoms with Gasteiger partial charge >= 0.3 is 0 Å². The highest BCUT2D eigenvalue weighted by Gasteiger charge is 2.04. The lowest BCUT2D eigenvalue weighted by Crippen LogP contribution is -2.20. The number of hydrogen-bond acceptors (Lipinski definition) is 4. The van der Waals surface area contributed by atoms with E-state index in [1.54, 1.807) is 12.1 Å². The van der Waals surface area contributed by atoms with Crippen LogP contribution in [0.2, 0.25) is 0 Å². The lowest BCUT2D eigenvalue weighted by atomic mass is 10.2. The fourth-order valence-corrected chi connectivity index (χ4v) is 1.55. The lowest BCUT2D eigenvalue weighted by molar-refractivity contribution is 0.126. The van der Waals surface area contributed by atoms with Crippen LogP contribution >= 0.6 is 12.2 Å². The van der Waals surface area contributed by atoms with Crippen molar-refractivity contribution in [3.05, 3.63) is 29.6 Å². The second-order valence-electron chi connectivity index (χ2n) is 4.40. The van der Waals surface area contributed by atoms with Gasteiger partial charge in [0, 0.05) is 18.7 Å². The number of rotatable bonds is 8. The first kappa shape index (κ1) is 15.8. The van der Waals surface area contributed by atoms with Crippen molar-refractivity contribution >= 4 is 22.9 Å². The average molecular weight is 285 g/mol. The van der Waals surface area contributed by atoms with Crippen molar-refractivity contribution in [3.8, 4) is 0 Å². The van der Waals surface area contributed by atoms with Crippen LogP contribution in [0.15, 0.2) is 18.2 Å². The summed E-state index contributed by atoms with van der Waals surface area (Å²) in [6.45, 7) is 2.62. The van der Waals surface area contributed by atoms with E-state index in [1.165, 1.54) is 6.07 Å². The van der Waals surface area contributed by atoms with Crippen LogP contribution in [0.25, 0.3) is 0 Å². The molecule has 0 aromatic heterocycles. The normalized spacial score (nSPS) is 10.7. The quantitative estimate of drug-likeness (QED) is 0.559. The molecule has 0 saturated heterocycles. The molecule has 106 valence electrons. The number of likely N-dealkylation sites (N-methyl/N-ethyl adjacent to an activating group) is 1. The molecule has 0 amide bonds. The van der Waals surface area contributed by atoms with Gasteiger partial charge in [-0.15, -0.1) is 0 Å². The van der Waals surface area contributed by atoms with Gasteiger partial charge in [0.25, 0.3) is 0 Å². The third-order valence-corrected chi connectivity index (χ3v) is 2.73. The monoisotopic (exact) mass is 285 g/mol. The Hall–Kier alpha value is -1.24. The second-order valence-corrected chi connectivity index (χ2v) is 4.84. The van der Waals surface area contributed by atoms with E-state index < -0.39 is 0 Å². The summed E-state index contributed by atoms with van der Waals surface area (Å²) in [6.07, 6.45) is 0. The maximum absolute atomic E-state index is 13.7. The van der Waals surface area contributed by atoms with Gasteiger partial charge in [-0.2, -0.15) is 0 Å². The summed E-state index contributed by atoms with van der Waals surface area (Å²) < 4.78 is 19.1. The highest BCUT2D eigenvalue weighted by atomic mass is 32.1. The van der Waals surface area contributed by atoms with Gasteiger partial charge in [-0.3, -0.25) is 0 Å². The second kappa shape index (κ2) is 8.04. The first-order chi connectivity index (χ1) is 9.00. The van der Waals surface area contributed by atoms with E-state index >= 15 is 0 Å². The van der Waals surface area contributed by atoms with Crippen molar-refractivity contribution in [3.63, 3.8) is 0 Å². The average Bonchev–Trinajstić information content (AvgIpc) is 2.34. The van der Waals surface area contributed by atoms with Crippen LogP contribution < -0.4 is 11.1 Å². The highest BCUT2D eigenvalue weighted by Crippen LogP contribution is 2.15. The van der Waals surface area contributed by atoms with E-state index in [-0.39, 0.29) is 10.8 Å². The summed E-state index contributed by atoms with van der Waals surface area (Å²) in [6, 6.07) is 4.65. The van der Waals surface area contributed by atoms with Crippen molar-refractivity contribution in [2.24, 2.45) is 5.73 Å². The van der Waals surface area contributed by atoms with Gasteiger partial charge in [-0.25, -0.2) is 4.39 Å². The molecular weight excluding hydrogens is 265 g/mol. The Labute approximate surface area is 118 Å². The van der Waals surface area contributed by atoms with E-state index in [0.29, 0.717) is 31.0 Å². The first-order valence-electron chi connectivity index (χ1n) is 6.06. The Morgan fingerprint density at radius 2 is 2.16 bits per heavy atom. The van der Waals surface area contributed by atoms with Gasteiger partial charge in [0.1, 0.15) is 10.8 Å². The molecule has 0 heterocycles. The molecule has 0 fully saturated rings. The number of nitrogens with two attached hydrogens (primary N) is 1. The van der Waals surface area contributed by atoms with E-state index in [0.717, 1.165) is 6.54 Å². The molecular formula is C13H20FN3OS. The molecule has 1 aromatic rings. The number of hydrogen-bond donors (Lipinski definition) is 2. The largest absolute Gasteiger partial charge is 0.389 e. The Balaban J connectivity index is 2.32. The van der Waals surface area contributed by atoms with Crippen molar-refractivity contribution in [2.75, 3.05) is 45.7 Å². The van der Waals surface area contributed by atoms with E-state index in [2.05, 4.69) is 5.32 Å². The number of halogens is 1. The third-order valence-electron chi connectivity index (χ3n) is 2.50. The number of nitrogens with one attached hydrogen (secondary N) is 1. The molecule has 0 unspecified atom stereocenters. The van der Waals surface area contributed by atoms with Gasteiger partial charge in [-0.1, -0.05) is 12.2 Å². The Morgan fingerprint density at radius 1 is 1.42 bits per heavy atom. The number of thiocarbonyl (C=S) groups is 1. The van der Waals surface area contributed by atoms with Crippen LogP contribution in [0, 0.1) is 5.82 Å². The zero-order valence-electron chi connectivity index (χ0n) is 11.3. The maximum Gasteiger partial charge on any atom is 0.146 e. The zero-order chi connectivity index (χ0) is 14.3. The fraction of sp³-hybridized carbons (Fsp3) is 0.462. The minimum atomic E-state index is -0.362. The number of benzene rings is 1. The van der Waals surface area contributed by atoms with Gasteiger partial charge in [0.05, 0.1) is 18.9 Å². The summed E-state index contributed by atoms with van der Waals surface area (Å²) in [5.74, 6) is -0.362. The molecule has 0 spiro atoms. The summed E-state index contributed by atoms with van der Waals surface area (Å²) in [7, 11) is 3.97. The Morgan fingerprint density at radius 3 is 2.74 bits per heavy atom.